The number of Topliss-reactive ketones (excluding diaryl/α,β-unsaturated/α-hetero) is 1. The minimum Gasteiger partial charge on any atom is -0.476 e. The van der Waals surface area contributed by atoms with Crippen LogP contribution >= 0.6 is 44.5 Å². The highest BCUT2D eigenvalue weighted by molar-refractivity contribution is 14.2. The van der Waals surface area contributed by atoms with Crippen molar-refractivity contribution in [1.29, 1.82) is 0 Å². The van der Waals surface area contributed by atoms with E-state index in [9.17, 15) is 4.79 Å². The molecule has 0 radical (unpaired) electrons. The number of ketones is 1. The molecule has 0 fully saturated rings. The molecule has 2 heterocycles. The molecule has 0 aromatic carbocycles. The van der Waals surface area contributed by atoms with Crippen molar-refractivity contribution in [3.63, 3.8) is 0 Å². The van der Waals surface area contributed by atoms with Gasteiger partial charge in [0.2, 0.25) is 5.78 Å². The van der Waals surface area contributed by atoms with Gasteiger partial charge in [-0.25, -0.2) is 3.15 Å². The van der Waals surface area contributed by atoms with Crippen molar-refractivity contribution in [2.75, 3.05) is 0 Å². The fourth-order valence-corrected chi connectivity index (χ4v) is 4.86. The first kappa shape index (κ1) is 10.8. The van der Waals surface area contributed by atoms with Crippen molar-refractivity contribution < 1.29 is 9.53 Å². The number of nitrogens with zero attached hydrogens (tertiary/aromatic N) is 1. The van der Waals surface area contributed by atoms with Gasteiger partial charge in [0.15, 0.2) is 11.4 Å². The van der Waals surface area contributed by atoms with Gasteiger partial charge < -0.3 is 4.74 Å². The summed E-state index contributed by atoms with van der Waals surface area (Å²) >= 11 is 3.08. The fraction of sp³-hybridized carbons (Fsp3) is 0.375. The van der Waals surface area contributed by atoms with Crippen LogP contribution in [0.5, 0.6) is 0 Å². The van der Waals surface area contributed by atoms with E-state index in [1.807, 2.05) is 5.41 Å². The fourth-order valence-electron chi connectivity index (χ4n) is 1.11. The summed E-state index contributed by atoms with van der Waals surface area (Å²) in [7, 11) is 1.71. The lowest BCUT2D eigenvalue weighted by Crippen LogP contribution is -2.28. The number of ether oxygens (including phenoxy) is 1. The van der Waals surface area contributed by atoms with Crippen LogP contribution in [0.15, 0.2) is 24.5 Å². The Morgan fingerprint density at radius 1 is 1.64 bits per heavy atom. The van der Waals surface area contributed by atoms with Crippen molar-refractivity contribution >= 4 is 50.3 Å². The first-order valence-electron chi connectivity index (χ1n) is 3.87. The average molecular weight is 388 g/mol. The van der Waals surface area contributed by atoms with Crippen LogP contribution in [0.3, 0.4) is 0 Å². The lowest BCUT2D eigenvalue weighted by molar-refractivity contribution is -0.126. The first-order chi connectivity index (χ1) is 6.52. The summed E-state index contributed by atoms with van der Waals surface area (Å²) in [4.78, 5) is 11.7. The molecule has 0 saturated carbocycles. The van der Waals surface area contributed by atoms with Gasteiger partial charge >= 0.3 is 0 Å². The van der Waals surface area contributed by atoms with Gasteiger partial charge in [-0.05, 0) is 38.7 Å². The van der Waals surface area contributed by atoms with Gasteiger partial charge in [-0.15, -0.1) is 0 Å². The maximum Gasteiger partial charge on any atom is 0.216 e. The second-order valence-corrected chi connectivity index (χ2v) is 7.86. The van der Waals surface area contributed by atoms with Crippen molar-refractivity contribution in [1.82, 2.24) is 0 Å². The average Bonchev–Trinajstić information content (AvgIpc) is 2.69. The molecule has 0 aromatic rings. The second-order valence-electron chi connectivity index (χ2n) is 3.33. The van der Waals surface area contributed by atoms with Crippen molar-refractivity contribution in [2.45, 2.75) is 19.4 Å². The molecule has 2 rings (SSSR count). The number of halogens is 2. The highest BCUT2D eigenvalue weighted by Crippen LogP contribution is 2.44. The Morgan fingerprint density at radius 2 is 2.36 bits per heavy atom. The zero-order chi connectivity index (χ0) is 10.3. The van der Waals surface area contributed by atoms with E-state index in [0.29, 0.717) is 10.2 Å². The van der Waals surface area contributed by atoms with E-state index in [2.05, 4.69) is 19.1 Å². The summed E-state index contributed by atoms with van der Waals surface area (Å²) in [6.07, 6.45) is 0. The smallest absolute Gasteiger partial charge is 0.216 e. The largest absolute Gasteiger partial charge is 0.476 e. The second kappa shape index (κ2) is 3.71. The molecule has 0 aliphatic carbocycles. The molecule has 0 saturated heterocycles. The van der Waals surface area contributed by atoms with Gasteiger partial charge in [-0.1, -0.05) is 0 Å². The Labute approximate surface area is 103 Å². The van der Waals surface area contributed by atoms with Crippen LogP contribution < -0.4 is 0 Å². The van der Waals surface area contributed by atoms with Gasteiger partial charge in [-0.3, -0.25) is 4.79 Å². The summed E-state index contributed by atoms with van der Waals surface area (Å²) in [6, 6.07) is 0. The van der Waals surface area contributed by atoms with Crippen LogP contribution in [-0.4, -0.2) is 11.4 Å². The van der Waals surface area contributed by atoms with Crippen molar-refractivity contribution in [3.8, 4) is 0 Å². The number of hydrogen-bond acceptors (Lipinski definition) is 4. The SMILES string of the molecule is CC1(C)OC(C2=CSI=N2)=C(Br)C1=O. The van der Waals surface area contributed by atoms with Crippen LogP contribution in [0, 0.1) is 0 Å². The predicted molar refractivity (Wildman–Crippen MR) is 68.2 cm³/mol. The van der Waals surface area contributed by atoms with Gasteiger partial charge in [-0.2, -0.15) is 0 Å². The highest BCUT2D eigenvalue weighted by Gasteiger charge is 2.42. The molecule has 0 N–H and O–H groups in total. The van der Waals surface area contributed by atoms with Gasteiger partial charge in [0.05, 0.1) is 19.6 Å². The van der Waals surface area contributed by atoms with Crippen LogP contribution in [0.4, 0.5) is 0 Å². The van der Waals surface area contributed by atoms with E-state index in [0.717, 1.165) is 5.70 Å². The Morgan fingerprint density at radius 3 is 2.79 bits per heavy atom. The molecule has 3 nitrogen and oxygen atoms in total. The summed E-state index contributed by atoms with van der Waals surface area (Å²) in [5.74, 6) is 0.586. The molecule has 76 valence electrons. The summed E-state index contributed by atoms with van der Waals surface area (Å²) < 4.78 is 10.4. The molecular weight excluding hydrogens is 381 g/mol. The van der Waals surface area contributed by atoms with Gasteiger partial charge in [0.1, 0.15) is 10.2 Å². The number of carbonyl (C=O) groups excluding carboxylic acids is 1. The van der Waals surface area contributed by atoms with Crippen molar-refractivity contribution in [3.05, 3.63) is 21.3 Å². The molecule has 2 aliphatic rings. The minimum atomic E-state index is -0.754. The van der Waals surface area contributed by atoms with Crippen LogP contribution in [0.1, 0.15) is 13.8 Å². The molecule has 2 aliphatic heterocycles. The van der Waals surface area contributed by atoms with E-state index >= 15 is 0 Å². The molecule has 0 amide bonds. The molecule has 14 heavy (non-hydrogen) atoms. The van der Waals surface area contributed by atoms with E-state index < -0.39 is 5.60 Å². The Hall–Kier alpha value is 0.310. The van der Waals surface area contributed by atoms with Crippen LogP contribution in [0.2, 0.25) is 0 Å². The Balaban J connectivity index is 2.38. The molecule has 0 unspecified atom stereocenters. The number of carbonyl (C=O) groups is 1. The van der Waals surface area contributed by atoms with Crippen LogP contribution in [-0.2, 0) is 9.53 Å². The quantitative estimate of drug-likeness (QED) is 0.645. The molecular formula is C8H7BrINO2S. The van der Waals surface area contributed by atoms with Gasteiger partial charge in [0, 0.05) is 5.41 Å². The molecule has 0 bridgehead atoms. The third-order valence-corrected chi connectivity index (χ3v) is 5.59. The zero-order valence-electron chi connectivity index (χ0n) is 7.51. The third kappa shape index (κ3) is 1.71. The molecule has 0 spiro atoms. The minimum absolute atomic E-state index is 0.0151. The monoisotopic (exact) mass is 387 g/mol. The lowest BCUT2D eigenvalue weighted by atomic mass is 10.1. The van der Waals surface area contributed by atoms with E-state index in [1.54, 1.807) is 22.8 Å². The van der Waals surface area contributed by atoms with E-state index in [1.165, 1.54) is 0 Å². The van der Waals surface area contributed by atoms with E-state index in [-0.39, 0.29) is 25.4 Å². The highest BCUT2D eigenvalue weighted by atomic mass is 127. The Bertz CT molecular complexity index is 400. The number of hydrogen-bond donors (Lipinski definition) is 0. The normalized spacial score (nSPS) is 24.8. The summed E-state index contributed by atoms with van der Waals surface area (Å²) in [5, 5.41) is 1.96. The lowest BCUT2D eigenvalue weighted by Gasteiger charge is -2.17. The zero-order valence-corrected chi connectivity index (χ0v) is 12.1. The maximum atomic E-state index is 11.7. The van der Waals surface area contributed by atoms with E-state index in [4.69, 9.17) is 4.74 Å². The Kier molecular flexibility index (Phi) is 2.87. The standard InChI is InChI=1S/C8H7BrINO2S/c1-8(2)7(12)5(9)6(13-8)4-3-14-10-11-4/h3H,1-2H3. The summed E-state index contributed by atoms with van der Waals surface area (Å²) in [6.45, 7) is 3.53. The van der Waals surface area contributed by atoms with Gasteiger partial charge in [0.25, 0.3) is 0 Å². The maximum absolute atomic E-state index is 11.7. The summed E-state index contributed by atoms with van der Waals surface area (Å²) in [5.41, 5.74) is 0.0597. The van der Waals surface area contributed by atoms with Crippen LogP contribution in [0.25, 0.3) is 0 Å². The first-order valence-corrected chi connectivity index (χ1v) is 9.05. The predicted octanol–water partition coefficient (Wildman–Crippen LogP) is 3.63. The molecule has 6 heteroatoms. The topological polar surface area (TPSA) is 38.7 Å². The molecule has 0 aromatic heterocycles. The van der Waals surface area contributed by atoms with Crippen molar-refractivity contribution in [2.24, 2.45) is 3.15 Å². The number of rotatable bonds is 1. The molecule has 0 atom stereocenters. The third-order valence-electron chi connectivity index (χ3n) is 1.86.